The van der Waals surface area contributed by atoms with E-state index in [1.807, 2.05) is 6.26 Å². The number of halogens is 2. The summed E-state index contributed by atoms with van der Waals surface area (Å²) in [7, 11) is 0. The Balaban J connectivity index is 1.94. The van der Waals surface area contributed by atoms with Crippen molar-refractivity contribution in [3.63, 3.8) is 0 Å². The van der Waals surface area contributed by atoms with Crippen molar-refractivity contribution in [3.8, 4) is 0 Å². The zero-order valence-corrected chi connectivity index (χ0v) is 17.6. The molecule has 3 rings (SSSR count). The monoisotopic (exact) mass is 434 g/mol. The number of piperidine rings is 1. The van der Waals surface area contributed by atoms with Crippen molar-refractivity contribution in [2.24, 2.45) is 0 Å². The van der Waals surface area contributed by atoms with Gasteiger partial charge in [-0.2, -0.15) is 11.8 Å². The molecule has 2 aromatic carbocycles. The van der Waals surface area contributed by atoms with Crippen LogP contribution in [-0.2, 0) is 10.3 Å². The van der Waals surface area contributed by atoms with Crippen molar-refractivity contribution < 1.29 is 23.5 Å². The Labute approximate surface area is 178 Å². The number of rotatable bonds is 5. The maximum atomic E-state index is 14.4. The normalized spacial score (nSPS) is 21.4. The summed E-state index contributed by atoms with van der Waals surface area (Å²) in [4.78, 5) is 26.7. The first-order valence-electron chi connectivity index (χ1n) is 9.57. The number of nitrogens with zero attached hydrogens (tertiary/aromatic N) is 1. The Bertz CT molecular complexity index is 941. The molecule has 0 radical (unpaired) electrons. The second-order valence-electron chi connectivity index (χ2n) is 7.39. The van der Waals surface area contributed by atoms with Gasteiger partial charge < -0.3 is 15.3 Å². The van der Waals surface area contributed by atoms with Crippen molar-refractivity contribution in [1.29, 1.82) is 0 Å². The lowest BCUT2D eigenvalue weighted by Gasteiger charge is -2.46. The first-order chi connectivity index (χ1) is 14.3. The molecule has 1 saturated heterocycles. The van der Waals surface area contributed by atoms with Gasteiger partial charge in [0.15, 0.2) is 11.6 Å². The van der Waals surface area contributed by atoms with E-state index in [0.717, 1.165) is 0 Å². The molecular formula is C22H24F2N2O3S. The minimum absolute atomic E-state index is 0.0271. The van der Waals surface area contributed by atoms with Crippen LogP contribution in [0.1, 0.15) is 27.9 Å². The van der Waals surface area contributed by atoms with Gasteiger partial charge in [-0.1, -0.05) is 36.4 Å². The van der Waals surface area contributed by atoms with Gasteiger partial charge in [-0.05, 0) is 36.8 Å². The minimum Gasteiger partial charge on any atom is -0.388 e. The Kier molecular flexibility index (Phi) is 6.77. The van der Waals surface area contributed by atoms with Gasteiger partial charge in [0.2, 0.25) is 5.91 Å². The molecule has 2 amide bonds. The molecule has 2 aromatic rings. The molecule has 160 valence electrons. The summed E-state index contributed by atoms with van der Waals surface area (Å²) in [6.45, 7) is 1.76. The topological polar surface area (TPSA) is 69.6 Å². The molecule has 1 aliphatic heterocycles. The predicted octanol–water partition coefficient (Wildman–Crippen LogP) is 2.85. The number of β-amino-alcohol motifs (C(OH)–C–C–N with tert-alkyl or cyclic N) is 1. The fraction of sp³-hybridized carbons (Fsp3) is 0.364. The Hall–Kier alpha value is -2.45. The van der Waals surface area contributed by atoms with Gasteiger partial charge in [0.25, 0.3) is 5.91 Å². The third kappa shape index (κ3) is 4.20. The van der Waals surface area contributed by atoms with Crippen molar-refractivity contribution in [1.82, 2.24) is 10.2 Å². The number of carbonyl (C=O) groups excluding carboxylic acids is 2. The highest BCUT2D eigenvalue weighted by Crippen LogP contribution is 2.34. The highest BCUT2D eigenvalue weighted by Gasteiger charge is 2.46. The molecule has 0 spiro atoms. The van der Waals surface area contributed by atoms with E-state index in [1.165, 1.54) is 30.8 Å². The van der Waals surface area contributed by atoms with Crippen LogP contribution in [0.4, 0.5) is 8.78 Å². The molecular weight excluding hydrogens is 410 g/mol. The largest absolute Gasteiger partial charge is 0.388 e. The van der Waals surface area contributed by atoms with Gasteiger partial charge >= 0.3 is 0 Å². The minimum atomic E-state index is -1.23. The number of hydrogen-bond donors (Lipinski definition) is 2. The summed E-state index contributed by atoms with van der Waals surface area (Å²) >= 11 is 1.39. The van der Waals surface area contributed by atoms with E-state index in [9.17, 15) is 23.5 Å². The van der Waals surface area contributed by atoms with Gasteiger partial charge in [-0.25, -0.2) is 8.78 Å². The van der Waals surface area contributed by atoms with E-state index in [2.05, 4.69) is 5.32 Å². The van der Waals surface area contributed by atoms with E-state index in [1.54, 1.807) is 35.2 Å². The Morgan fingerprint density at radius 1 is 1.20 bits per heavy atom. The van der Waals surface area contributed by atoms with Crippen LogP contribution >= 0.6 is 11.8 Å². The van der Waals surface area contributed by atoms with Crippen molar-refractivity contribution in [3.05, 3.63) is 70.8 Å². The number of hydrogen-bond acceptors (Lipinski definition) is 4. The summed E-state index contributed by atoms with van der Waals surface area (Å²) in [5.74, 6) is -2.92. The number of nitrogens with one attached hydrogen (secondary N) is 1. The number of thioether (sulfide) groups is 1. The smallest absolute Gasteiger partial charge is 0.255 e. The molecule has 2 atom stereocenters. The van der Waals surface area contributed by atoms with Crippen molar-refractivity contribution in [2.75, 3.05) is 25.1 Å². The van der Waals surface area contributed by atoms with Crippen LogP contribution in [0.2, 0.25) is 0 Å². The molecule has 5 nitrogen and oxygen atoms in total. The van der Waals surface area contributed by atoms with E-state index in [4.69, 9.17) is 0 Å². The Morgan fingerprint density at radius 2 is 1.90 bits per heavy atom. The first kappa shape index (κ1) is 22.2. The highest BCUT2D eigenvalue weighted by atomic mass is 32.2. The summed E-state index contributed by atoms with van der Waals surface area (Å²) in [5.41, 5.74) is -0.928. The number of aliphatic hydroxyl groups excluding tert-OH is 1. The van der Waals surface area contributed by atoms with Crippen LogP contribution in [0, 0.1) is 18.6 Å². The van der Waals surface area contributed by atoms with Crippen molar-refractivity contribution in [2.45, 2.75) is 25.0 Å². The molecule has 0 saturated carbocycles. The van der Waals surface area contributed by atoms with Crippen LogP contribution in [0.3, 0.4) is 0 Å². The third-order valence-corrected chi connectivity index (χ3v) is 6.04. The average Bonchev–Trinajstić information content (AvgIpc) is 2.74. The van der Waals surface area contributed by atoms with Crippen LogP contribution in [-0.4, -0.2) is 53.0 Å². The summed E-state index contributed by atoms with van der Waals surface area (Å²) in [6, 6.07) is 11.4. The summed E-state index contributed by atoms with van der Waals surface area (Å²) in [6.07, 6.45) is 0.934. The molecule has 1 heterocycles. The van der Waals surface area contributed by atoms with Crippen LogP contribution in [0.5, 0.6) is 0 Å². The Morgan fingerprint density at radius 3 is 2.53 bits per heavy atom. The lowest BCUT2D eigenvalue weighted by atomic mass is 9.78. The number of carbonyl (C=O) groups is 2. The molecule has 0 aliphatic carbocycles. The summed E-state index contributed by atoms with van der Waals surface area (Å²) < 4.78 is 28.4. The van der Waals surface area contributed by atoms with Crippen molar-refractivity contribution >= 4 is 23.6 Å². The van der Waals surface area contributed by atoms with Crippen LogP contribution < -0.4 is 5.32 Å². The molecule has 2 N–H and O–H groups in total. The quantitative estimate of drug-likeness (QED) is 0.759. The van der Waals surface area contributed by atoms with Crippen LogP contribution in [0.15, 0.2) is 42.5 Å². The number of aliphatic hydroxyl groups is 1. The number of aryl methyl sites for hydroxylation is 1. The van der Waals surface area contributed by atoms with E-state index >= 15 is 0 Å². The van der Waals surface area contributed by atoms with Gasteiger partial charge in [0.05, 0.1) is 23.0 Å². The molecule has 0 unspecified atom stereocenters. The molecule has 8 heteroatoms. The zero-order valence-electron chi connectivity index (χ0n) is 16.8. The molecule has 1 fully saturated rings. The predicted molar refractivity (Wildman–Crippen MR) is 112 cm³/mol. The maximum absolute atomic E-state index is 14.4. The number of amides is 2. The molecule has 1 aliphatic rings. The van der Waals surface area contributed by atoms with E-state index in [0.29, 0.717) is 17.9 Å². The standard InChI is InChI=1S/C22H24F2N2O3S/c1-14-8-9-16(20(24)19(14)23)21(29)25-22(15-6-4-3-5-7-15)10-11-26(12-17(22)27)18(28)13-30-2/h3-9,17,27H,10-13H2,1-2H3,(H,25,29)/t17-,22-/m1/s1. The lowest BCUT2D eigenvalue weighted by molar-refractivity contribution is -0.134. The fourth-order valence-corrected chi connectivity index (χ4v) is 4.19. The first-order valence-corrected chi connectivity index (χ1v) is 11.0. The lowest BCUT2D eigenvalue weighted by Crippen LogP contribution is -2.62. The van der Waals surface area contributed by atoms with E-state index in [-0.39, 0.29) is 24.4 Å². The second kappa shape index (κ2) is 9.14. The average molecular weight is 435 g/mol. The van der Waals surface area contributed by atoms with E-state index < -0.39 is 34.7 Å². The molecule has 30 heavy (non-hydrogen) atoms. The van der Waals surface area contributed by atoms with Crippen LogP contribution in [0.25, 0.3) is 0 Å². The third-order valence-electron chi connectivity index (χ3n) is 5.50. The molecule has 0 bridgehead atoms. The SMILES string of the molecule is CSCC(=O)N1CC[C@@](NC(=O)c2ccc(C)c(F)c2F)(c2ccccc2)[C@H](O)C1. The maximum Gasteiger partial charge on any atom is 0.255 e. The summed E-state index contributed by atoms with van der Waals surface area (Å²) in [5, 5.41) is 13.8. The van der Waals surface area contributed by atoms with Gasteiger partial charge in [0.1, 0.15) is 0 Å². The zero-order chi connectivity index (χ0) is 21.9. The number of benzene rings is 2. The second-order valence-corrected chi connectivity index (χ2v) is 8.25. The molecule has 0 aromatic heterocycles. The van der Waals surface area contributed by atoms with Gasteiger partial charge in [-0.3, -0.25) is 9.59 Å². The highest BCUT2D eigenvalue weighted by molar-refractivity contribution is 7.99. The number of likely N-dealkylation sites (tertiary alicyclic amines) is 1. The fourth-order valence-electron chi connectivity index (χ4n) is 3.76. The van der Waals surface area contributed by atoms with Gasteiger partial charge in [-0.15, -0.1) is 0 Å². The van der Waals surface area contributed by atoms with Gasteiger partial charge in [0, 0.05) is 13.1 Å².